The fourth-order valence-electron chi connectivity index (χ4n) is 0. The Balaban J connectivity index is 0. The molecule has 0 aliphatic heterocycles. The minimum absolute atomic E-state index is 0. The predicted molar refractivity (Wildman–Crippen MR) is 37.8 cm³/mol. The third-order valence-electron chi connectivity index (χ3n) is 2.01. The summed E-state index contributed by atoms with van der Waals surface area (Å²) in [4.78, 5) is 0. The van der Waals surface area contributed by atoms with Crippen molar-refractivity contribution in [1.29, 1.82) is 0 Å². The lowest BCUT2D eigenvalue weighted by Gasteiger charge is -2.38. The Morgan fingerprint density at radius 1 is 0.889 bits per heavy atom. The normalized spacial score (nSPS) is 12.7. The Kier molecular flexibility index (Phi) is 3.85. The van der Waals surface area contributed by atoms with Crippen molar-refractivity contribution < 1.29 is 16.9 Å². The van der Waals surface area contributed by atoms with Crippen LogP contribution in [0.25, 0.3) is 0 Å². The zero-order chi connectivity index (χ0) is 7.00. The molecule has 0 aromatic heterocycles. The zero-order valence-electron chi connectivity index (χ0n) is 7.33. The number of quaternary nitrogens is 1. The standard InChI is InChI=1S/C7H18N.ClH/c1-7(2,3)8(4,5)6;/h1-6H3;1H/q+1;/p-1. The van der Waals surface area contributed by atoms with Crippen LogP contribution >= 0.6 is 0 Å². The van der Waals surface area contributed by atoms with E-state index < -0.39 is 0 Å². The van der Waals surface area contributed by atoms with E-state index in [1.807, 2.05) is 0 Å². The van der Waals surface area contributed by atoms with Gasteiger partial charge in [0.15, 0.2) is 0 Å². The van der Waals surface area contributed by atoms with Crippen molar-refractivity contribution in [2.45, 2.75) is 26.3 Å². The van der Waals surface area contributed by atoms with Gasteiger partial charge in [0, 0.05) is 0 Å². The SMILES string of the molecule is CC(C)(C)[N+](C)(C)C.[Cl-]. The fourth-order valence-corrected chi connectivity index (χ4v) is 0. The van der Waals surface area contributed by atoms with E-state index in [4.69, 9.17) is 0 Å². The van der Waals surface area contributed by atoms with Gasteiger partial charge in [-0.2, -0.15) is 0 Å². The monoisotopic (exact) mass is 151 g/mol. The first-order valence-electron chi connectivity index (χ1n) is 3.07. The molecule has 2 heteroatoms. The van der Waals surface area contributed by atoms with Crippen molar-refractivity contribution in [1.82, 2.24) is 0 Å². The third-order valence-corrected chi connectivity index (χ3v) is 2.01. The van der Waals surface area contributed by atoms with Gasteiger partial charge in [-0.1, -0.05) is 0 Å². The summed E-state index contributed by atoms with van der Waals surface area (Å²) < 4.78 is 1.02. The molecule has 0 radical (unpaired) electrons. The summed E-state index contributed by atoms with van der Waals surface area (Å²) in [6, 6.07) is 0. The molecule has 0 aromatic carbocycles. The highest BCUT2D eigenvalue weighted by molar-refractivity contribution is 4.57. The van der Waals surface area contributed by atoms with Crippen molar-refractivity contribution in [2.75, 3.05) is 21.1 Å². The summed E-state index contributed by atoms with van der Waals surface area (Å²) in [5, 5.41) is 0. The van der Waals surface area contributed by atoms with Gasteiger partial charge in [-0.3, -0.25) is 0 Å². The molecule has 0 bridgehead atoms. The molecule has 0 saturated carbocycles. The number of rotatable bonds is 0. The van der Waals surface area contributed by atoms with Crippen LogP contribution in [-0.2, 0) is 0 Å². The third kappa shape index (κ3) is 3.77. The molecule has 0 spiro atoms. The van der Waals surface area contributed by atoms with Crippen LogP contribution in [0.2, 0.25) is 0 Å². The maximum Gasteiger partial charge on any atom is 0.0901 e. The summed E-state index contributed by atoms with van der Waals surface area (Å²) in [5.41, 5.74) is 0.375. The average molecular weight is 152 g/mol. The maximum absolute atomic E-state index is 2.24. The van der Waals surface area contributed by atoms with Gasteiger partial charge in [-0.15, -0.1) is 0 Å². The molecule has 0 aromatic rings. The van der Waals surface area contributed by atoms with Crippen LogP contribution in [0.5, 0.6) is 0 Å². The lowest BCUT2D eigenvalue weighted by atomic mass is 10.1. The minimum atomic E-state index is 0. The van der Waals surface area contributed by atoms with Crippen LogP contribution < -0.4 is 12.4 Å². The molecule has 0 heterocycles. The van der Waals surface area contributed by atoms with Crippen molar-refractivity contribution >= 4 is 0 Å². The van der Waals surface area contributed by atoms with E-state index in [2.05, 4.69) is 41.9 Å². The number of halogens is 1. The predicted octanol–water partition coefficient (Wildman–Crippen LogP) is -1.50. The first-order chi connectivity index (χ1) is 3.25. The first kappa shape index (κ1) is 12.0. The number of nitrogens with zero attached hydrogens (tertiary/aromatic N) is 1. The maximum atomic E-state index is 2.24. The Morgan fingerprint density at radius 2 is 1.00 bits per heavy atom. The van der Waals surface area contributed by atoms with Gasteiger partial charge in [0.05, 0.1) is 26.7 Å². The van der Waals surface area contributed by atoms with Gasteiger partial charge in [0.2, 0.25) is 0 Å². The smallest absolute Gasteiger partial charge is 0.0901 e. The van der Waals surface area contributed by atoms with E-state index in [1.165, 1.54) is 0 Å². The molecule has 0 atom stereocenters. The van der Waals surface area contributed by atoms with Crippen LogP contribution in [0, 0.1) is 0 Å². The van der Waals surface area contributed by atoms with Gasteiger partial charge in [0.25, 0.3) is 0 Å². The second-order valence-electron chi connectivity index (χ2n) is 4.18. The minimum Gasteiger partial charge on any atom is -1.00 e. The molecule has 58 valence electrons. The van der Waals surface area contributed by atoms with E-state index in [0.29, 0.717) is 5.54 Å². The van der Waals surface area contributed by atoms with Gasteiger partial charge >= 0.3 is 0 Å². The van der Waals surface area contributed by atoms with Gasteiger partial charge in [-0.05, 0) is 20.8 Å². The van der Waals surface area contributed by atoms with E-state index in [9.17, 15) is 0 Å². The van der Waals surface area contributed by atoms with Crippen LogP contribution in [0.1, 0.15) is 20.8 Å². The quantitative estimate of drug-likeness (QED) is 0.370. The topological polar surface area (TPSA) is 0 Å². The molecule has 0 amide bonds. The van der Waals surface area contributed by atoms with Gasteiger partial charge < -0.3 is 16.9 Å². The number of hydrogen-bond acceptors (Lipinski definition) is 0. The molecule has 0 unspecified atom stereocenters. The van der Waals surface area contributed by atoms with Crippen molar-refractivity contribution in [3.05, 3.63) is 0 Å². The van der Waals surface area contributed by atoms with E-state index in [-0.39, 0.29) is 12.4 Å². The second kappa shape index (κ2) is 2.89. The van der Waals surface area contributed by atoms with Crippen LogP contribution in [0.15, 0.2) is 0 Å². The Hall–Kier alpha value is 0.250. The summed E-state index contributed by atoms with van der Waals surface area (Å²) in [6.07, 6.45) is 0. The van der Waals surface area contributed by atoms with Crippen LogP contribution in [0.4, 0.5) is 0 Å². The van der Waals surface area contributed by atoms with Crippen molar-refractivity contribution in [2.24, 2.45) is 0 Å². The highest BCUT2D eigenvalue weighted by Gasteiger charge is 2.25. The van der Waals surface area contributed by atoms with Crippen molar-refractivity contribution in [3.63, 3.8) is 0 Å². The Bertz CT molecular complexity index is 63.9. The summed E-state index contributed by atoms with van der Waals surface area (Å²) in [6.45, 7) is 6.73. The molecular weight excluding hydrogens is 134 g/mol. The molecular formula is C7H18ClN. The highest BCUT2D eigenvalue weighted by atomic mass is 35.5. The molecule has 0 aliphatic carbocycles. The molecule has 0 fully saturated rings. The van der Waals surface area contributed by atoms with Crippen molar-refractivity contribution in [3.8, 4) is 0 Å². The molecule has 0 N–H and O–H groups in total. The number of hydrogen-bond donors (Lipinski definition) is 0. The van der Waals surface area contributed by atoms with E-state index in [0.717, 1.165) is 4.48 Å². The van der Waals surface area contributed by atoms with Gasteiger partial charge in [0.1, 0.15) is 0 Å². The highest BCUT2D eigenvalue weighted by Crippen LogP contribution is 2.14. The zero-order valence-corrected chi connectivity index (χ0v) is 8.08. The lowest BCUT2D eigenvalue weighted by Crippen LogP contribution is -3.00. The first-order valence-corrected chi connectivity index (χ1v) is 3.07. The summed E-state index contributed by atoms with van der Waals surface area (Å²) >= 11 is 0. The lowest BCUT2D eigenvalue weighted by molar-refractivity contribution is -0.917. The van der Waals surface area contributed by atoms with Crippen LogP contribution in [-0.4, -0.2) is 31.2 Å². The second-order valence-corrected chi connectivity index (χ2v) is 4.18. The Labute approximate surface area is 65.1 Å². The molecule has 9 heavy (non-hydrogen) atoms. The van der Waals surface area contributed by atoms with E-state index in [1.54, 1.807) is 0 Å². The average Bonchev–Trinajstić information content (AvgIpc) is 1.25. The molecule has 1 nitrogen and oxygen atoms in total. The fraction of sp³-hybridized carbons (Fsp3) is 1.00. The van der Waals surface area contributed by atoms with Crippen LogP contribution in [0.3, 0.4) is 0 Å². The Morgan fingerprint density at radius 3 is 1.00 bits per heavy atom. The molecule has 0 rings (SSSR count). The largest absolute Gasteiger partial charge is 1.00 e. The van der Waals surface area contributed by atoms with Gasteiger partial charge in [-0.25, -0.2) is 0 Å². The molecule has 0 saturated heterocycles. The molecule has 0 aliphatic rings. The summed E-state index contributed by atoms with van der Waals surface area (Å²) in [7, 11) is 6.62. The summed E-state index contributed by atoms with van der Waals surface area (Å²) in [5.74, 6) is 0. The van der Waals surface area contributed by atoms with E-state index >= 15 is 0 Å².